The second-order valence-corrected chi connectivity index (χ2v) is 7.65. The maximum absolute atomic E-state index is 13.1. The van der Waals surface area contributed by atoms with Crippen molar-refractivity contribution in [1.82, 2.24) is 25.3 Å². The minimum atomic E-state index is -4.47. The van der Waals surface area contributed by atoms with E-state index in [4.69, 9.17) is 11.6 Å². The normalized spacial score (nSPS) is 11.9. The Labute approximate surface area is 189 Å². The van der Waals surface area contributed by atoms with E-state index in [0.29, 0.717) is 23.8 Å². The minimum Gasteiger partial charge on any atom is -0.367 e. The molecule has 5 rings (SSSR count). The van der Waals surface area contributed by atoms with E-state index in [9.17, 15) is 13.2 Å². The van der Waals surface area contributed by atoms with Gasteiger partial charge in [-0.25, -0.2) is 14.6 Å². The van der Waals surface area contributed by atoms with Crippen molar-refractivity contribution in [2.24, 2.45) is 0 Å². The van der Waals surface area contributed by atoms with Gasteiger partial charge in [0.05, 0.1) is 5.56 Å². The van der Waals surface area contributed by atoms with E-state index in [0.717, 1.165) is 28.6 Å². The Morgan fingerprint density at radius 3 is 2.58 bits per heavy atom. The molecule has 168 valence electrons. The topological polar surface area (TPSA) is 105 Å². The molecule has 3 aromatic heterocycles. The van der Waals surface area contributed by atoms with Crippen molar-refractivity contribution in [3.05, 3.63) is 64.8 Å². The van der Waals surface area contributed by atoms with Gasteiger partial charge in [-0.3, -0.25) is 0 Å². The summed E-state index contributed by atoms with van der Waals surface area (Å²) in [5, 5.41) is 15.0. The number of hydrogen-bond acceptors (Lipinski definition) is 7. The van der Waals surface area contributed by atoms with Crippen LogP contribution >= 0.6 is 11.6 Å². The molecule has 0 atom stereocenters. The highest BCUT2D eigenvalue weighted by Gasteiger charge is 2.30. The van der Waals surface area contributed by atoms with Crippen molar-refractivity contribution in [1.29, 1.82) is 0 Å². The number of H-pyrrole nitrogens is 1. The third-order valence-corrected chi connectivity index (χ3v) is 5.22. The van der Waals surface area contributed by atoms with Crippen LogP contribution in [0.4, 0.5) is 30.5 Å². The molecule has 0 bridgehead atoms. The molecule has 0 amide bonds. The fraction of sp³-hybridized carbons (Fsp3) is 0.143. The monoisotopic (exact) mass is 473 g/mol. The molecule has 0 aliphatic heterocycles. The average Bonchev–Trinajstić information content (AvgIpc) is 3.40. The Morgan fingerprint density at radius 1 is 1.00 bits per heavy atom. The van der Waals surface area contributed by atoms with Gasteiger partial charge in [-0.05, 0) is 58.7 Å². The molecule has 0 saturated carbocycles. The summed E-state index contributed by atoms with van der Waals surface area (Å²) in [4.78, 5) is 11.8. The van der Waals surface area contributed by atoms with Crippen LogP contribution < -0.4 is 10.6 Å². The number of nitrogens with zero attached hydrogens (tertiary/aromatic N) is 4. The predicted molar refractivity (Wildman–Crippen MR) is 118 cm³/mol. The fourth-order valence-corrected chi connectivity index (χ4v) is 3.60. The quantitative estimate of drug-likeness (QED) is 0.296. The van der Waals surface area contributed by atoms with Crippen LogP contribution in [0, 0.1) is 0 Å². The maximum atomic E-state index is 13.1. The van der Waals surface area contributed by atoms with Crippen LogP contribution in [0.3, 0.4) is 0 Å². The Morgan fingerprint density at radius 2 is 1.79 bits per heavy atom. The number of halogens is 4. The van der Waals surface area contributed by atoms with E-state index in [1.807, 2.05) is 24.4 Å². The molecular weight excluding hydrogens is 459 g/mol. The first-order valence-corrected chi connectivity index (χ1v) is 10.2. The van der Waals surface area contributed by atoms with Crippen LogP contribution in [-0.2, 0) is 12.6 Å². The number of rotatable bonds is 6. The Kier molecular flexibility index (Phi) is 5.25. The number of nitrogens with one attached hydrogen (secondary N) is 3. The van der Waals surface area contributed by atoms with Crippen molar-refractivity contribution in [2.45, 2.75) is 12.6 Å². The lowest BCUT2D eigenvalue weighted by Crippen LogP contribution is -2.10. The number of hydrogen-bond donors (Lipinski definition) is 3. The zero-order valence-electron chi connectivity index (χ0n) is 16.7. The first-order chi connectivity index (χ1) is 15.9. The lowest BCUT2D eigenvalue weighted by atomic mass is 10.1. The summed E-state index contributed by atoms with van der Waals surface area (Å²) in [7, 11) is 0. The van der Waals surface area contributed by atoms with E-state index >= 15 is 0 Å². The number of benzene rings is 2. The number of fused-ring (bicyclic) bond motifs is 2. The lowest BCUT2D eigenvalue weighted by Gasteiger charge is -2.13. The number of aromatic nitrogens is 5. The molecule has 3 heterocycles. The van der Waals surface area contributed by atoms with Crippen LogP contribution in [0.1, 0.15) is 11.1 Å². The van der Waals surface area contributed by atoms with Crippen LogP contribution in [-0.4, -0.2) is 31.8 Å². The van der Waals surface area contributed by atoms with Gasteiger partial charge < -0.3 is 15.6 Å². The second kappa shape index (κ2) is 8.24. The highest BCUT2D eigenvalue weighted by molar-refractivity contribution is 6.31. The zero-order chi connectivity index (χ0) is 23.0. The first-order valence-electron chi connectivity index (χ1n) is 9.81. The predicted octanol–water partition coefficient (Wildman–Crippen LogP) is 5.56. The van der Waals surface area contributed by atoms with E-state index < -0.39 is 11.7 Å². The molecular formula is C21H15ClF3N7O. The van der Waals surface area contributed by atoms with Gasteiger partial charge in [0, 0.05) is 34.4 Å². The Bertz CT molecular complexity index is 1450. The first kappa shape index (κ1) is 21.0. The molecule has 5 aromatic rings. The summed E-state index contributed by atoms with van der Waals surface area (Å²) in [6.07, 6.45) is -1.94. The molecule has 8 nitrogen and oxygen atoms in total. The molecule has 0 aliphatic carbocycles. The van der Waals surface area contributed by atoms with Crippen LogP contribution in [0.2, 0.25) is 5.02 Å². The molecule has 12 heteroatoms. The van der Waals surface area contributed by atoms with Gasteiger partial charge in [0.15, 0.2) is 11.6 Å². The average molecular weight is 474 g/mol. The van der Waals surface area contributed by atoms with Gasteiger partial charge in [-0.1, -0.05) is 17.7 Å². The highest BCUT2D eigenvalue weighted by Crippen LogP contribution is 2.32. The van der Waals surface area contributed by atoms with Crippen LogP contribution in [0.25, 0.3) is 22.2 Å². The summed E-state index contributed by atoms with van der Waals surface area (Å²) in [6, 6.07) is 10.4. The van der Waals surface area contributed by atoms with Crippen molar-refractivity contribution in [3.8, 4) is 0 Å². The lowest BCUT2D eigenvalue weighted by molar-refractivity contribution is -0.137. The fourth-order valence-electron chi connectivity index (χ4n) is 3.43. The van der Waals surface area contributed by atoms with Gasteiger partial charge in [0.1, 0.15) is 0 Å². The zero-order valence-corrected chi connectivity index (χ0v) is 17.5. The highest BCUT2D eigenvalue weighted by atomic mass is 35.5. The number of aromatic amines is 1. The van der Waals surface area contributed by atoms with Crippen LogP contribution in [0.5, 0.6) is 0 Å². The third kappa shape index (κ3) is 4.40. The third-order valence-electron chi connectivity index (χ3n) is 4.98. The molecule has 33 heavy (non-hydrogen) atoms. The van der Waals surface area contributed by atoms with Crippen LogP contribution in [0.15, 0.2) is 53.3 Å². The molecule has 0 aliphatic rings. The molecule has 2 aromatic carbocycles. The molecule has 0 fully saturated rings. The number of anilines is 3. The summed E-state index contributed by atoms with van der Waals surface area (Å²) >= 11 is 6.11. The van der Waals surface area contributed by atoms with E-state index in [1.165, 1.54) is 12.1 Å². The van der Waals surface area contributed by atoms with E-state index in [1.54, 1.807) is 0 Å². The summed E-state index contributed by atoms with van der Waals surface area (Å²) in [5.74, 6) is 0.494. The van der Waals surface area contributed by atoms with Crippen molar-refractivity contribution in [3.63, 3.8) is 0 Å². The van der Waals surface area contributed by atoms with E-state index in [-0.39, 0.29) is 22.8 Å². The Balaban J connectivity index is 1.39. The molecule has 0 spiro atoms. The standard InChI is InChI=1S/C21H15ClF3N7O/c22-13-4-5-16-15(9-13)11(10-27-16)6-7-26-17-18(30-20-19(29-17)31-33-32-20)28-14-3-1-2-12(8-14)21(23,24)25/h1-5,8-10,27H,6-7H2,(H,26,29,31)(H,28,30,32). The second-order valence-electron chi connectivity index (χ2n) is 7.22. The van der Waals surface area contributed by atoms with Crippen molar-refractivity contribution >= 4 is 51.1 Å². The smallest absolute Gasteiger partial charge is 0.367 e. The van der Waals surface area contributed by atoms with Gasteiger partial charge in [0.2, 0.25) is 11.3 Å². The summed E-state index contributed by atoms with van der Waals surface area (Å²) < 4.78 is 43.9. The Hall–Kier alpha value is -3.86. The largest absolute Gasteiger partial charge is 0.416 e. The molecule has 0 unspecified atom stereocenters. The molecule has 0 radical (unpaired) electrons. The minimum absolute atomic E-state index is 0.126. The van der Waals surface area contributed by atoms with Gasteiger partial charge in [0.25, 0.3) is 0 Å². The summed E-state index contributed by atoms with van der Waals surface area (Å²) in [6.45, 7) is 0.461. The van der Waals surface area contributed by atoms with Crippen molar-refractivity contribution < 1.29 is 17.8 Å². The molecule has 0 saturated heterocycles. The SMILES string of the molecule is FC(F)(F)c1cccc(Nc2nc3nonc3nc2NCCc2c[nH]c3ccc(Cl)cc23)c1. The number of alkyl halides is 3. The summed E-state index contributed by atoms with van der Waals surface area (Å²) in [5.41, 5.74) is 1.73. The van der Waals surface area contributed by atoms with Gasteiger partial charge in [-0.2, -0.15) is 13.2 Å². The molecule has 3 N–H and O–H groups in total. The van der Waals surface area contributed by atoms with Gasteiger partial charge in [-0.15, -0.1) is 0 Å². The van der Waals surface area contributed by atoms with Gasteiger partial charge >= 0.3 is 6.18 Å². The van der Waals surface area contributed by atoms with E-state index in [2.05, 4.69) is 40.5 Å². The maximum Gasteiger partial charge on any atom is 0.416 e. The van der Waals surface area contributed by atoms with Crippen molar-refractivity contribution in [2.75, 3.05) is 17.2 Å².